The van der Waals surface area contributed by atoms with Crippen molar-refractivity contribution in [2.45, 2.75) is 0 Å². The average molecular weight is 297 g/mol. The Hall–Kier alpha value is -2.87. The molecule has 0 saturated heterocycles. The first-order valence-corrected chi connectivity index (χ1v) is 6.50. The maximum absolute atomic E-state index is 11.9. The van der Waals surface area contributed by atoms with Gasteiger partial charge < -0.3 is 4.98 Å². The lowest BCUT2D eigenvalue weighted by Gasteiger charge is -2.16. The van der Waals surface area contributed by atoms with E-state index in [9.17, 15) is 9.59 Å². The Balaban J connectivity index is 2.13. The molecule has 21 heavy (non-hydrogen) atoms. The summed E-state index contributed by atoms with van der Waals surface area (Å²) in [6.07, 6.45) is 2.39. The number of imide groups is 1. The van der Waals surface area contributed by atoms with Crippen molar-refractivity contribution in [2.24, 2.45) is 0 Å². The molecule has 3 heterocycles. The molecular weight excluding hydrogens is 290 g/mol. The summed E-state index contributed by atoms with van der Waals surface area (Å²) >= 11 is 5.12. The number of H-pyrrole nitrogens is 1. The fourth-order valence-corrected chi connectivity index (χ4v) is 2.59. The Kier molecular flexibility index (Phi) is 2.30. The molecule has 1 aliphatic heterocycles. The van der Waals surface area contributed by atoms with Gasteiger partial charge in [-0.05, 0) is 18.3 Å². The Morgan fingerprint density at radius 3 is 2.52 bits per heavy atom. The van der Waals surface area contributed by atoms with E-state index >= 15 is 0 Å². The summed E-state index contributed by atoms with van der Waals surface area (Å²) in [6, 6.07) is 7.49. The molecule has 4 rings (SSSR count). The number of aromatic amines is 1. The van der Waals surface area contributed by atoms with Crippen LogP contribution in [0.3, 0.4) is 0 Å². The number of para-hydroxylation sites is 1. The van der Waals surface area contributed by atoms with Gasteiger partial charge in [-0.1, -0.05) is 18.2 Å². The molecule has 7 nitrogen and oxygen atoms in total. The summed E-state index contributed by atoms with van der Waals surface area (Å²) < 4.78 is 1.31. The van der Waals surface area contributed by atoms with E-state index < -0.39 is 11.8 Å². The maximum atomic E-state index is 11.9. The summed E-state index contributed by atoms with van der Waals surface area (Å²) in [5.74, 6) is -0.937. The molecule has 0 aliphatic carbocycles. The van der Waals surface area contributed by atoms with E-state index in [0.29, 0.717) is 11.2 Å². The van der Waals surface area contributed by atoms with Crippen molar-refractivity contribution in [3.63, 3.8) is 0 Å². The monoisotopic (exact) mass is 297 g/mol. The minimum Gasteiger partial charge on any atom is -0.338 e. The first-order valence-electron chi connectivity index (χ1n) is 6.09. The first kappa shape index (κ1) is 11.9. The van der Waals surface area contributed by atoms with Crippen molar-refractivity contribution in [3.05, 3.63) is 41.2 Å². The zero-order valence-corrected chi connectivity index (χ0v) is 11.3. The van der Waals surface area contributed by atoms with Crippen LogP contribution in [0.5, 0.6) is 0 Å². The quantitative estimate of drug-likeness (QED) is 0.539. The van der Waals surface area contributed by atoms with Crippen LogP contribution in [0.2, 0.25) is 0 Å². The van der Waals surface area contributed by atoms with Gasteiger partial charge in [0.1, 0.15) is 5.52 Å². The molecule has 0 bridgehead atoms. The van der Waals surface area contributed by atoms with Crippen molar-refractivity contribution in [1.82, 2.24) is 19.9 Å². The zero-order valence-electron chi connectivity index (χ0n) is 10.5. The average Bonchev–Trinajstić information content (AvgIpc) is 3.01. The molecule has 8 heteroatoms. The van der Waals surface area contributed by atoms with Gasteiger partial charge in [0.05, 0.1) is 0 Å². The summed E-state index contributed by atoms with van der Waals surface area (Å²) in [4.78, 5) is 26.9. The third kappa shape index (κ3) is 1.56. The maximum Gasteiger partial charge on any atom is 0.273 e. The van der Waals surface area contributed by atoms with E-state index in [-0.39, 0.29) is 4.77 Å². The number of benzene rings is 1. The van der Waals surface area contributed by atoms with Crippen LogP contribution in [0.15, 0.2) is 36.4 Å². The van der Waals surface area contributed by atoms with Gasteiger partial charge in [-0.3, -0.25) is 9.59 Å². The molecule has 102 valence electrons. The van der Waals surface area contributed by atoms with Crippen LogP contribution < -0.4 is 5.01 Å². The van der Waals surface area contributed by atoms with Crippen LogP contribution in [-0.4, -0.2) is 31.7 Å². The van der Waals surface area contributed by atoms with E-state index in [0.717, 1.165) is 15.9 Å². The fraction of sp³-hybridized carbons (Fsp3) is 0. The number of aromatic nitrogens is 4. The van der Waals surface area contributed by atoms with Gasteiger partial charge in [-0.15, -0.1) is 10.2 Å². The molecule has 1 N–H and O–H groups in total. The summed E-state index contributed by atoms with van der Waals surface area (Å²) in [5, 5.41) is 9.73. The second kappa shape index (κ2) is 4.06. The summed E-state index contributed by atoms with van der Waals surface area (Å²) in [6.45, 7) is 0. The van der Waals surface area contributed by atoms with Crippen molar-refractivity contribution in [2.75, 3.05) is 5.01 Å². The van der Waals surface area contributed by atoms with Crippen LogP contribution in [-0.2, 0) is 9.59 Å². The van der Waals surface area contributed by atoms with E-state index in [1.807, 2.05) is 24.3 Å². The molecular formula is C13H7N5O2S. The zero-order chi connectivity index (χ0) is 14.6. The molecule has 0 radical (unpaired) electrons. The number of rotatable bonds is 1. The van der Waals surface area contributed by atoms with Crippen LogP contribution in [0.1, 0.15) is 0 Å². The Morgan fingerprint density at radius 2 is 1.76 bits per heavy atom. The van der Waals surface area contributed by atoms with E-state index in [1.165, 1.54) is 16.8 Å². The molecule has 2 amide bonds. The predicted molar refractivity (Wildman–Crippen MR) is 77.6 cm³/mol. The second-order valence-electron chi connectivity index (χ2n) is 4.48. The normalized spacial score (nSPS) is 14.8. The predicted octanol–water partition coefficient (Wildman–Crippen LogP) is 1.20. The molecule has 1 aromatic carbocycles. The van der Waals surface area contributed by atoms with Crippen molar-refractivity contribution in [1.29, 1.82) is 0 Å². The highest BCUT2D eigenvalue weighted by Crippen LogP contribution is 2.23. The molecule has 0 atom stereocenters. The largest absolute Gasteiger partial charge is 0.338 e. The third-order valence-corrected chi connectivity index (χ3v) is 3.53. The van der Waals surface area contributed by atoms with Gasteiger partial charge in [-0.2, -0.15) is 9.69 Å². The number of amides is 2. The van der Waals surface area contributed by atoms with Gasteiger partial charge in [0.25, 0.3) is 11.8 Å². The number of carbonyl (C=O) groups excluding carboxylic acids is 2. The topological polar surface area (TPSA) is 83.9 Å². The lowest BCUT2D eigenvalue weighted by Crippen LogP contribution is -2.41. The molecule has 0 spiro atoms. The van der Waals surface area contributed by atoms with Gasteiger partial charge in [0, 0.05) is 23.1 Å². The van der Waals surface area contributed by atoms with Gasteiger partial charge in [0.2, 0.25) is 4.77 Å². The third-order valence-electron chi connectivity index (χ3n) is 3.27. The number of carbonyl (C=O) groups is 2. The minimum absolute atomic E-state index is 0.0273. The SMILES string of the molecule is O=C1C=CC(=O)N1n1c(=S)nnc2c3ccccc3[nH]c21. The summed E-state index contributed by atoms with van der Waals surface area (Å²) in [5.41, 5.74) is 1.83. The Labute approximate surface area is 122 Å². The Morgan fingerprint density at radius 1 is 1.05 bits per heavy atom. The smallest absolute Gasteiger partial charge is 0.273 e. The van der Waals surface area contributed by atoms with Gasteiger partial charge in [-0.25, -0.2) is 0 Å². The molecule has 1 aliphatic rings. The molecule has 0 fully saturated rings. The highest BCUT2D eigenvalue weighted by Gasteiger charge is 2.28. The fourth-order valence-electron chi connectivity index (χ4n) is 2.37. The van der Waals surface area contributed by atoms with E-state index in [4.69, 9.17) is 12.2 Å². The number of hydrogen-bond acceptors (Lipinski definition) is 5. The van der Waals surface area contributed by atoms with E-state index in [1.54, 1.807) is 0 Å². The van der Waals surface area contributed by atoms with Crippen molar-refractivity contribution in [3.8, 4) is 0 Å². The number of nitrogens with one attached hydrogen (secondary N) is 1. The molecule has 2 aromatic heterocycles. The minimum atomic E-state index is -0.468. The highest BCUT2D eigenvalue weighted by atomic mass is 32.1. The number of nitrogens with zero attached hydrogens (tertiary/aromatic N) is 4. The summed E-state index contributed by atoms with van der Waals surface area (Å²) in [7, 11) is 0. The van der Waals surface area contributed by atoms with Gasteiger partial charge >= 0.3 is 0 Å². The lowest BCUT2D eigenvalue weighted by atomic mass is 10.2. The standard InChI is InChI=1S/C13H7N5O2S/c19-9-5-6-10(20)17(9)18-12-11(15-16-13(18)21)7-3-1-2-4-8(7)14-12/h1-6,14H. The molecule has 0 unspecified atom stereocenters. The van der Waals surface area contributed by atoms with Crippen molar-refractivity contribution < 1.29 is 9.59 Å². The lowest BCUT2D eigenvalue weighted by molar-refractivity contribution is -0.122. The highest BCUT2D eigenvalue weighted by molar-refractivity contribution is 7.71. The number of hydrogen-bond donors (Lipinski definition) is 1. The number of fused-ring (bicyclic) bond motifs is 3. The molecule has 0 saturated carbocycles. The van der Waals surface area contributed by atoms with Crippen LogP contribution in [0.25, 0.3) is 22.1 Å². The van der Waals surface area contributed by atoms with Crippen molar-refractivity contribution >= 4 is 46.1 Å². The van der Waals surface area contributed by atoms with E-state index in [2.05, 4.69) is 15.2 Å². The molecule has 3 aromatic rings. The van der Waals surface area contributed by atoms with Crippen LogP contribution >= 0.6 is 12.2 Å². The van der Waals surface area contributed by atoms with Crippen LogP contribution in [0.4, 0.5) is 0 Å². The first-order chi connectivity index (χ1) is 10.2. The van der Waals surface area contributed by atoms with Gasteiger partial charge in [0.15, 0.2) is 5.65 Å². The van der Waals surface area contributed by atoms with Crippen LogP contribution in [0, 0.1) is 4.77 Å². The second-order valence-corrected chi connectivity index (χ2v) is 4.85. The Bertz CT molecular complexity index is 998.